The summed E-state index contributed by atoms with van der Waals surface area (Å²) in [6, 6.07) is 0.516. The van der Waals surface area contributed by atoms with Gasteiger partial charge in [-0.25, -0.2) is 0 Å². The second kappa shape index (κ2) is 6.36. The van der Waals surface area contributed by atoms with Crippen LogP contribution in [-0.4, -0.2) is 42.5 Å². The molecule has 0 aliphatic heterocycles. The van der Waals surface area contributed by atoms with Gasteiger partial charge in [-0.15, -0.1) is 0 Å². The molecule has 0 saturated heterocycles. The fraction of sp³-hybridized carbons (Fsp3) is 0.923. The second-order valence-corrected chi connectivity index (χ2v) is 5.67. The van der Waals surface area contributed by atoms with Crippen LogP contribution in [0.5, 0.6) is 0 Å². The molecule has 100 valence electrons. The van der Waals surface area contributed by atoms with Crippen molar-refractivity contribution in [1.29, 1.82) is 0 Å². The Kier molecular flexibility index (Phi) is 5.40. The van der Waals surface area contributed by atoms with Crippen LogP contribution in [0.1, 0.15) is 46.0 Å². The summed E-state index contributed by atoms with van der Waals surface area (Å²) >= 11 is 0. The lowest BCUT2D eigenvalue weighted by molar-refractivity contribution is -0.122. The lowest BCUT2D eigenvalue weighted by Gasteiger charge is -2.24. The minimum absolute atomic E-state index is 0.103. The van der Waals surface area contributed by atoms with Gasteiger partial charge in [0.05, 0.1) is 0 Å². The van der Waals surface area contributed by atoms with E-state index in [-0.39, 0.29) is 11.4 Å². The summed E-state index contributed by atoms with van der Waals surface area (Å²) in [5, 5.41) is 2.96. The van der Waals surface area contributed by atoms with E-state index >= 15 is 0 Å². The van der Waals surface area contributed by atoms with E-state index in [2.05, 4.69) is 31.1 Å². The topological polar surface area (TPSA) is 58.4 Å². The molecule has 3 N–H and O–H groups in total. The van der Waals surface area contributed by atoms with Crippen LogP contribution in [0.15, 0.2) is 0 Å². The molecule has 0 aromatic heterocycles. The maximum Gasteiger partial charge on any atom is 0.221 e. The molecule has 1 aliphatic carbocycles. The van der Waals surface area contributed by atoms with Crippen LogP contribution in [-0.2, 0) is 4.79 Å². The Morgan fingerprint density at radius 3 is 2.53 bits per heavy atom. The van der Waals surface area contributed by atoms with Crippen LogP contribution in [0.4, 0.5) is 0 Å². The Balaban J connectivity index is 2.17. The first-order valence-electron chi connectivity index (χ1n) is 6.69. The van der Waals surface area contributed by atoms with Crippen LogP contribution in [0, 0.1) is 0 Å². The van der Waals surface area contributed by atoms with Crippen molar-refractivity contribution in [3.05, 3.63) is 0 Å². The van der Waals surface area contributed by atoms with Gasteiger partial charge in [0.1, 0.15) is 0 Å². The highest BCUT2D eigenvalue weighted by atomic mass is 16.1. The summed E-state index contributed by atoms with van der Waals surface area (Å²) in [6.45, 7) is 5.90. The van der Waals surface area contributed by atoms with Crippen molar-refractivity contribution in [3.63, 3.8) is 0 Å². The maximum atomic E-state index is 11.7. The van der Waals surface area contributed by atoms with Crippen molar-refractivity contribution in [2.75, 3.05) is 20.1 Å². The highest BCUT2D eigenvalue weighted by Crippen LogP contribution is 2.29. The molecule has 1 rings (SSSR count). The summed E-state index contributed by atoms with van der Waals surface area (Å²) in [5.41, 5.74) is 5.94. The Labute approximate surface area is 105 Å². The van der Waals surface area contributed by atoms with Gasteiger partial charge in [0.15, 0.2) is 0 Å². The smallest absolute Gasteiger partial charge is 0.221 e. The van der Waals surface area contributed by atoms with E-state index in [4.69, 9.17) is 5.73 Å². The number of hydrogen-bond donors (Lipinski definition) is 2. The Morgan fingerprint density at radius 2 is 2.00 bits per heavy atom. The largest absolute Gasteiger partial charge is 0.355 e. The van der Waals surface area contributed by atoms with E-state index in [1.807, 2.05) is 0 Å². The highest BCUT2D eigenvalue weighted by molar-refractivity contribution is 5.77. The van der Waals surface area contributed by atoms with E-state index in [1.165, 1.54) is 12.8 Å². The van der Waals surface area contributed by atoms with E-state index in [0.717, 1.165) is 19.4 Å². The zero-order chi connectivity index (χ0) is 12.9. The first-order valence-corrected chi connectivity index (χ1v) is 6.69. The number of nitrogens with two attached hydrogens (primary N) is 1. The van der Waals surface area contributed by atoms with E-state index in [1.54, 1.807) is 0 Å². The van der Waals surface area contributed by atoms with Gasteiger partial charge in [-0.2, -0.15) is 0 Å². The number of nitrogens with one attached hydrogen (secondary N) is 1. The molecule has 1 saturated carbocycles. The van der Waals surface area contributed by atoms with E-state index in [9.17, 15) is 4.79 Å². The maximum absolute atomic E-state index is 11.7. The number of amides is 1. The summed E-state index contributed by atoms with van der Waals surface area (Å²) < 4.78 is 0. The molecule has 0 aromatic carbocycles. The molecule has 0 unspecified atom stereocenters. The number of nitrogens with zero attached hydrogens (tertiary/aromatic N) is 1. The molecule has 1 amide bonds. The lowest BCUT2D eigenvalue weighted by Crippen LogP contribution is -2.43. The summed E-state index contributed by atoms with van der Waals surface area (Å²) in [7, 11) is 2.07. The van der Waals surface area contributed by atoms with Gasteiger partial charge in [-0.1, -0.05) is 12.8 Å². The predicted octanol–water partition coefficient (Wildman–Crippen LogP) is 1.10. The van der Waals surface area contributed by atoms with Crippen LogP contribution in [0.3, 0.4) is 0 Å². The molecule has 0 heterocycles. The van der Waals surface area contributed by atoms with Crippen molar-refractivity contribution < 1.29 is 4.79 Å². The summed E-state index contributed by atoms with van der Waals surface area (Å²) in [6.07, 6.45) is 4.80. The molecule has 0 spiro atoms. The van der Waals surface area contributed by atoms with Crippen molar-refractivity contribution in [3.8, 4) is 0 Å². The first kappa shape index (κ1) is 14.5. The molecule has 1 fully saturated rings. The van der Waals surface area contributed by atoms with Gasteiger partial charge in [-0.3, -0.25) is 4.79 Å². The quantitative estimate of drug-likeness (QED) is 0.732. The van der Waals surface area contributed by atoms with Crippen LogP contribution < -0.4 is 11.1 Å². The van der Waals surface area contributed by atoms with E-state index in [0.29, 0.717) is 19.0 Å². The zero-order valence-corrected chi connectivity index (χ0v) is 11.5. The number of carbonyl (C=O) groups excluding carboxylic acids is 1. The normalized spacial score (nSPS) is 18.9. The number of hydrogen-bond acceptors (Lipinski definition) is 3. The van der Waals surface area contributed by atoms with Gasteiger partial charge in [0.25, 0.3) is 0 Å². The van der Waals surface area contributed by atoms with Crippen LogP contribution in [0.25, 0.3) is 0 Å². The minimum atomic E-state index is -0.228. The highest BCUT2D eigenvalue weighted by Gasteiger charge is 2.31. The summed E-state index contributed by atoms with van der Waals surface area (Å²) in [4.78, 5) is 14.0. The Hall–Kier alpha value is -0.610. The molecule has 1 aliphatic rings. The Bertz CT molecular complexity index is 247. The third kappa shape index (κ3) is 5.04. The third-order valence-corrected chi connectivity index (χ3v) is 3.78. The molecule has 0 radical (unpaired) electrons. The van der Waals surface area contributed by atoms with Crippen LogP contribution in [0.2, 0.25) is 0 Å². The van der Waals surface area contributed by atoms with Crippen molar-refractivity contribution >= 4 is 5.91 Å². The van der Waals surface area contributed by atoms with Gasteiger partial charge >= 0.3 is 0 Å². The number of rotatable bonds is 6. The molecule has 17 heavy (non-hydrogen) atoms. The van der Waals surface area contributed by atoms with Gasteiger partial charge < -0.3 is 16.0 Å². The van der Waals surface area contributed by atoms with Gasteiger partial charge in [0.2, 0.25) is 5.91 Å². The van der Waals surface area contributed by atoms with Crippen LogP contribution >= 0.6 is 0 Å². The predicted molar refractivity (Wildman–Crippen MR) is 70.8 cm³/mol. The molecule has 4 nitrogen and oxygen atoms in total. The Morgan fingerprint density at radius 1 is 1.41 bits per heavy atom. The molecule has 0 aromatic rings. The SMILES string of the molecule is CC(C)N(C)CCNC(=O)CC1(N)CCCC1. The molecular formula is C13H27N3O. The fourth-order valence-corrected chi connectivity index (χ4v) is 2.27. The average molecular weight is 241 g/mol. The second-order valence-electron chi connectivity index (χ2n) is 5.67. The van der Waals surface area contributed by atoms with Gasteiger partial charge in [0, 0.05) is 31.1 Å². The molecule has 0 bridgehead atoms. The average Bonchev–Trinajstić information content (AvgIpc) is 2.64. The standard InChI is InChI=1S/C13H27N3O/c1-11(2)16(3)9-8-15-12(17)10-13(14)6-4-5-7-13/h11H,4-10,14H2,1-3H3,(H,15,17). The lowest BCUT2D eigenvalue weighted by atomic mass is 9.94. The third-order valence-electron chi connectivity index (χ3n) is 3.78. The first-order chi connectivity index (χ1) is 7.93. The van der Waals surface area contributed by atoms with Gasteiger partial charge in [-0.05, 0) is 33.7 Å². The fourth-order valence-electron chi connectivity index (χ4n) is 2.27. The summed E-state index contributed by atoms with van der Waals surface area (Å²) in [5.74, 6) is 0.103. The number of carbonyl (C=O) groups is 1. The van der Waals surface area contributed by atoms with Crippen molar-refractivity contribution in [1.82, 2.24) is 10.2 Å². The molecule has 0 atom stereocenters. The zero-order valence-electron chi connectivity index (χ0n) is 11.5. The molecule has 4 heteroatoms. The van der Waals surface area contributed by atoms with Crippen molar-refractivity contribution in [2.45, 2.75) is 57.5 Å². The molecular weight excluding hydrogens is 214 g/mol. The number of likely N-dealkylation sites (N-methyl/N-ethyl adjacent to an activating group) is 1. The van der Waals surface area contributed by atoms with E-state index < -0.39 is 0 Å². The minimum Gasteiger partial charge on any atom is -0.355 e. The monoisotopic (exact) mass is 241 g/mol. The van der Waals surface area contributed by atoms with Crippen molar-refractivity contribution in [2.24, 2.45) is 5.73 Å².